The number of aryl methyl sites for hydroxylation is 2. The van der Waals surface area contributed by atoms with Crippen molar-refractivity contribution in [3.63, 3.8) is 0 Å². The molecule has 2 aromatic rings. The maximum Gasteiger partial charge on any atom is 0.265 e. The maximum absolute atomic E-state index is 12.3. The van der Waals surface area contributed by atoms with Crippen LogP contribution >= 0.6 is 0 Å². The number of carbonyl (C=O) groups excluding carboxylic acids is 1. The van der Waals surface area contributed by atoms with Crippen LogP contribution in [-0.4, -0.2) is 12.0 Å². The summed E-state index contributed by atoms with van der Waals surface area (Å²) in [5.41, 5.74) is 4.00. The first-order valence-electron chi connectivity index (χ1n) is 7.75. The number of anilines is 1. The van der Waals surface area contributed by atoms with Gasteiger partial charge in [-0.15, -0.1) is 0 Å². The summed E-state index contributed by atoms with van der Waals surface area (Å²) in [5, 5.41) is 11.8. The van der Waals surface area contributed by atoms with Crippen molar-refractivity contribution in [2.24, 2.45) is 0 Å². The van der Waals surface area contributed by atoms with Crippen molar-refractivity contribution in [1.82, 2.24) is 0 Å². The van der Waals surface area contributed by atoms with Crippen LogP contribution in [0.25, 0.3) is 0 Å². The number of benzene rings is 2. The number of rotatable bonds is 4. The molecule has 1 unspecified atom stereocenters. The van der Waals surface area contributed by atoms with E-state index in [1.54, 1.807) is 31.2 Å². The van der Waals surface area contributed by atoms with Crippen molar-refractivity contribution in [3.8, 4) is 11.8 Å². The zero-order valence-corrected chi connectivity index (χ0v) is 13.0. The topological polar surface area (TPSA) is 62.1 Å². The number of amides is 1. The van der Waals surface area contributed by atoms with Crippen LogP contribution in [0.4, 0.5) is 5.69 Å². The van der Waals surface area contributed by atoms with Crippen molar-refractivity contribution < 1.29 is 9.53 Å². The minimum absolute atomic E-state index is 0.203. The lowest BCUT2D eigenvalue weighted by Crippen LogP contribution is -2.30. The Hall–Kier alpha value is -2.80. The van der Waals surface area contributed by atoms with Crippen LogP contribution in [0.5, 0.6) is 5.75 Å². The van der Waals surface area contributed by atoms with Crippen molar-refractivity contribution >= 4 is 11.6 Å². The minimum atomic E-state index is -0.641. The molecule has 0 radical (unpaired) electrons. The molecule has 4 heteroatoms. The number of carbonyl (C=O) groups is 1. The zero-order chi connectivity index (χ0) is 16.2. The first-order chi connectivity index (χ1) is 11.2. The van der Waals surface area contributed by atoms with Crippen molar-refractivity contribution in [1.29, 1.82) is 5.26 Å². The lowest BCUT2D eigenvalue weighted by Gasteiger charge is -2.15. The predicted octanol–water partition coefficient (Wildman–Crippen LogP) is 3.45. The molecule has 1 aliphatic rings. The van der Waals surface area contributed by atoms with Crippen molar-refractivity contribution in [3.05, 3.63) is 59.2 Å². The molecule has 0 aromatic heterocycles. The largest absolute Gasteiger partial charge is 0.481 e. The van der Waals surface area contributed by atoms with Gasteiger partial charge in [-0.25, -0.2) is 0 Å². The van der Waals surface area contributed by atoms with Gasteiger partial charge in [-0.05, 0) is 67.6 Å². The van der Waals surface area contributed by atoms with E-state index in [-0.39, 0.29) is 5.91 Å². The van der Waals surface area contributed by atoms with Gasteiger partial charge in [-0.2, -0.15) is 5.26 Å². The quantitative estimate of drug-likeness (QED) is 0.941. The number of nitrogens with one attached hydrogen (secondary N) is 1. The van der Waals surface area contributed by atoms with Gasteiger partial charge >= 0.3 is 0 Å². The molecule has 0 saturated carbocycles. The van der Waals surface area contributed by atoms with Gasteiger partial charge in [0.15, 0.2) is 6.10 Å². The fourth-order valence-corrected chi connectivity index (χ4v) is 2.79. The van der Waals surface area contributed by atoms with E-state index >= 15 is 0 Å². The standard InChI is InChI=1S/C19H18N2O2/c1-13(23-18-7-2-4-14(10-18)12-20)19(22)21-17-9-8-15-5-3-6-16(15)11-17/h2,4,7-11,13H,3,5-6H2,1H3,(H,21,22). The smallest absolute Gasteiger partial charge is 0.265 e. The van der Waals surface area contributed by atoms with E-state index in [1.165, 1.54) is 17.5 Å². The summed E-state index contributed by atoms with van der Waals surface area (Å²) in [6, 6.07) is 14.9. The number of hydrogen-bond donors (Lipinski definition) is 1. The average Bonchev–Trinajstić information content (AvgIpc) is 3.02. The normalized spacial score (nSPS) is 13.7. The van der Waals surface area contributed by atoms with Crippen molar-refractivity contribution in [2.75, 3.05) is 5.32 Å². The van der Waals surface area contributed by atoms with E-state index in [9.17, 15) is 4.79 Å². The van der Waals surface area contributed by atoms with Crippen LogP contribution in [0.1, 0.15) is 30.0 Å². The Labute approximate surface area is 135 Å². The predicted molar refractivity (Wildman–Crippen MR) is 88.3 cm³/mol. The van der Waals surface area contributed by atoms with Crippen LogP contribution < -0.4 is 10.1 Å². The number of fused-ring (bicyclic) bond motifs is 1. The molecule has 0 fully saturated rings. The van der Waals surface area contributed by atoms with E-state index < -0.39 is 6.10 Å². The Morgan fingerprint density at radius 1 is 1.22 bits per heavy atom. The molecule has 1 atom stereocenters. The molecular formula is C19H18N2O2. The van der Waals surface area contributed by atoms with E-state index in [0.29, 0.717) is 11.3 Å². The summed E-state index contributed by atoms with van der Waals surface area (Å²) in [7, 11) is 0. The van der Waals surface area contributed by atoms with Crippen LogP contribution in [-0.2, 0) is 17.6 Å². The summed E-state index contributed by atoms with van der Waals surface area (Å²) < 4.78 is 5.62. The molecule has 0 saturated heterocycles. The van der Waals surface area contributed by atoms with E-state index in [4.69, 9.17) is 10.00 Å². The highest BCUT2D eigenvalue weighted by Gasteiger charge is 2.17. The fourth-order valence-electron chi connectivity index (χ4n) is 2.79. The molecule has 1 N–H and O–H groups in total. The summed E-state index contributed by atoms with van der Waals surface area (Å²) in [6.07, 6.45) is 2.74. The van der Waals surface area contributed by atoms with E-state index in [1.807, 2.05) is 12.1 Å². The monoisotopic (exact) mass is 306 g/mol. The number of ether oxygens (including phenoxy) is 1. The zero-order valence-electron chi connectivity index (χ0n) is 13.0. The highest BCUT2D eigenvalue weighted by molar-refractivity contribution is 5.94. The molecule has 116 valence electrons. The van der Waals surface area contributed by atoms with Crippen LogP contribution in [0.15, 0.2) is 42.5 Å². The van der Waals surface area contributed by atoms with Gasteiger partial charge in [0.25, 0.3) is 5.91 Å². The molecular weight excluding hydrogens is 288 g/mol. The summed E-state index contributed by atoms with van der Waals surface area (Å²) in [6.45, 7) is 1.70. The molecule has 1 amide bonds. The summed E-state index contributed by atoms with van der Waals surface area (Å²) >= 11 is 0. The summed E-state index contributed by atoms with van der Waals surface area (Å²) in [4.78, 5) is 12.3. The number of hydrogen-bond acceptors (Lipinski definition) is 3. The molecule has 3 rings (SSSR count). The molecule has 0 bridgehead atoms. The van der Waals surface area contributed by atoms with E-state index in [2.05, 4.69) is 17.5 Å². The van der Waals surface area contributed by atoms with Gasteiger partial charge in [-0.1, -0.05) is 12.1 Å². The Kier molecular flexibility index (Phi) is 4.29. The van der Waals surface area contributed by atoms with Gasteiger partial charge in [0.1, 0.15) is 5.75 Å². The Balaban J connectivity index is 1.64. The van der Waals surface area contributed by atoms with Crippen molar-refractivity contribution in [2.45, 2.75) is 32.3 Å². The molecule has 1 aliphatic carbocycles. The molecule has 2 aromatic carbocycles. The van der Waals surface area contributed by atoms with Crippen LogP contribution in [0, 0.1) is 11.3 Å². The summed E-state index contributed by atoms with van der Waals surface area (Å²) in [5.74, 6) is 0.311. The number of nitrogens with zero attached hydrogens (tertiary/aromatic N) is 1. The lowest BCUT2D eigenvalue weighted by molar-refractivity contribution is -0.122. The lowest BCUT2D eigenvalue weighted by atomic mass is 10.1. The number of nitriles is 1. The Bertz CT molecular complexity index is 777. The van der Waals surface area contributed by atoms with Gasteiger partial charge in [0, 0.05) is 5.69 Å². The third-order valence-electron chi connectivity index (χ3n) is 4.01. The highest BCUT2D eigenvalue weighted by atomic mass is 16.5. The maximum atomic E-state index is 12.3. The van der Waals surface area contributed by atoms with Crippen LogP contribution in [0.3, 0.4) is 0 Å². The van der Waals surface area contributed by atoms with Crippen LogP contribution in [0.2, 0.25) is 0 Å². The van der Waals surface area contributed by atoms with Gasteiger partial charge in [-0.3, -0.25) is 4.79 Å². The second-order valence-corrected chi connectivity index (χ2v) is 5.73. The molecule has 0 heterocycles. The Morgan fingerprint density at radius 3 is 2.87 bits per heavy atom. The minimum Gasteiger partial charge on any atom is -0.481 e. The molecule has 23 heavy (non-hydrogen) atoms. The van der Waals surface area contributed by atoms with Gasteiger partial charge in [0.05, 0.1) is 11.6 Å². The third-order valence-corrected chi connectivity index (χ3v) is 4.01. The first-order valence-corrected chi connectivity index (χ1v) is 7.75. The molecule has 4 nitrogen and oxygen atoms in total. The average molecular weight is 306 g/mol. The van der Waals surface area contributed by atoms with Gasteiger partial charge in [0.2, 0.25) is 0 Å². The Morgan fingerprint density at radius 2 is 2.04 bits per heavy atom. The fraction of sp³-hybridized carbons (Fsp3) is 0.263. The molecule has 0 aliphatic heterocycles. The second kappa shape index (κ2) is 6.53. The van der Waals surface area contributed by atoms with Gasteiger partial charge < -0.3 is 10.1 Å². The van der Waals surface area contributed by atoms with E-state index in [0.717, 1.165) is 18.5 Å². The molecule has 0 spiro atoms. The highest BCUT2D eigenvalue weighted by Crippen LogP contribution is 2.25. The first kappa shape index (κ1) is 15.1. The SMILES string of the molecule is CC(Oc1cccc(C#N)c1)C(=O)Nc1ccc2c(c1)CCC2. The second-order valence-electron chi connectivity index (χ2n) is 5.73. The third kappa shape index (κ3) is 3.51.